The maximum Gasteiger partial charge on any atom is 0.317 e. The molecular formula is C20H24N2O3. The van der Waals surface area contributed by atoms with E-state index in [1.54, 1.807) is 0 Å². The lowest BCUT2D eigenvalue weighted by molar-refractivity contribution is 0.137. The molecule has 5 nitrogen and oxygen atoms in total. The second-order valence-electron chi connectivity index (χ2n) is 6.33. The van der Waals surface area contributed by atoms with E-state index in [9.17, 15) is 4.79 Å². The first kappa shape index (κ1) is 17.3. The van der Waals surface area contributed by atoms with Gasteiger partial charge in [-0.1, -0.05) is 30.3 Å². The standard InChI is InChI=1S/C20H24N2O3/c23-15-17-10-12-22(13-11-17)20(24)21-14-16-6-8-19(9-7-16)25-18-4-2-1-3-5-18/h1-9,17,23H,10-15H2,(H,21,24). The quantitative estimate of drug-likeness (QED) is 0.877. The van der Waals surface area contributed by atoms with Crippen molar-refractivity contribution in [2.75, 3.05) is 19.7 Å². The van der Waals surface area contributed by atoms with Crippen molar-refractivity contribution in [3.63, 3.8) is 0 Å². The molecule has 3 rings (SSSR count). The number of carbonyl (C=O) groups excluding carboxylic acids is 1. The highest BCUT2D eigenvalue weighted by molar-refractivity contribution is 5.74. The predicted molar refractivity (Wildman–Crippen MR) is 96.6 cm³/mol. The summed E-state index contributed by atoms with van der Waals surface area (Å²) in [5, 5.41) is 12.1. The molecule has 1 fully saturated rings. The van der Waals surface area contributed by atoms with Crippen molar-refractivity contribution < 1.29 is 14.6 Å². The molecule has 0 saturated carbocycles. The van der Waals surface area contributed by atoms with E-state index >= 15 is 0 Å². The van der Waals surface area contributed by atoms with Crippen LogP contribution in [0.3, 0.4) is 0 Å². The van der Waals surface area contributed by atoms with Gasteiger partial charge in [-0.2, -0.15) is 0 Å². The first-order valence-corrected chi connectivity index (χ1v) is 8.70. The fraction of sp³-hybridized carbons (Fsp3) is 0.350. The Bertz CT molecular complexity index is 665. The highest BCUT2D eigenvalue weighted by Crippen LogP contribution is 2.21. The lowest BCUT2D eigenvalue weighted by Gasteiger charge is -2.31. The molecule has 2 N–H and O–H groups in total. The lowest BCUT2D eigenvalue weighted by atomic mass is 9.98. The Balaban J connectivity index is 1.46. The largest absolute Gasteiger partial charge is 0.457 e. The third-order valence-corrected chi connectivity index (χ3v) is 4.51. The van der Waals surface area contributed by atoms with Crippen LogP contribution < -0.4 is 10.1 Å². The number of likely N-dealkylation sites (tertiary alicyclic amines) is 1. The summed E-state index contributed by atoms with van der Waals surface area (Å²) in [4.78, 5) is 14.0. The SMILES string of the molecule is O=C(NCc1ccc(Oc2ccccc2)cc1)N1CCC(CO)CC1. The van der Waals surface area contributed by atoms with Crippen LogP contribution in [0.5, 0.6) is 11.5 Å². The van der Waals surface area contributed by atoms with Gasteiger partial charge in [0.05, 0.1) is 0 Å². The summed E-state index contributed by atoms with van der Waals surface area (Å²) < 4.78 is 5.76. The number of nitrogens with zero attached hydrogens (tertiary/aromatic N) is 1. The summed E-state index contributed by atoms with van der Waals surface area (Å²) in [5.41, 5.74) is 1.03. The maximum atomic E-state index is 12.2. The molecule has 2 aromatic carbocycles. The number of rotatable bonds is 5. The molecule has 1 aliphatic heterocycles. The molecule has 0 atom stereocenters. The summed E-state index contributed by atoms with van der Waals surface area (Å²) in [6.45, 7) is 2.12. The topological polar surface area (TPSA) is 61.8 Å². The Morgan fingerprint density at radius 1 is 1.04 bits per heavy atom. The first-order valence-electron chi connectivity index (χ1n) is 8.70. The summed E-state index contributed by atoms with van der Waals surface area (Å²) in [6.07, 6.45) is 1.74. The number of hydrogen-bond acceptors (Lipinski definition) is 3. The van der Waals surface area contributed by atoms with Crippen molar-refractivity contribution in [3.8, 4) is 11.5 Å². The molecule has 0 aliphatic carbocycles. The average molecular weight is 340 g/mol. The number of piperidine rings is 1. The number of aliphatic hydroxyl groups is 1. The van der Waals surface area contributed by atoms with Crippen molar-refractivity contribution in [2.24, 2.45) is 5.92 Å². The third-order valence-electron chi connectivity index (χ3n) is 4.51. The number of amides is 2. The van der Waals surface area contributed by atoms with Crippen LogP contribution in [0.2, 0.25) is 0 Å². The van der Waals surface area contributed by atoms with E-state index in [1.165, 1.54) is 0 Å². The van der Waals surface area contributed by atoms with Crippen molar-refractivity contribution in [1.82, 2.24) is 10.2 Å². The molecule has 0 radical (unpaired) electrons. The maximum absolute atomic E-state index is 12.2. The molecule has 5 heteroatoms. The van der Waals surface area contributed by atoms with Crippen molar-refractivity contribution in [2.45, 2.75) is 19.4 Å². The van der Waals surface area contributed by atoms with Gasteiger partial charge in [0.25, 0.3) is 0 Å². The predicted octanol–water partition coefficient (Wildman–Crippen LogP) is 3.39. The highest BCUT2D eigenvalue weighted by atomic mass is 16.5. The smallest absolute Gasteiger partial charge is 0.317 e. The van der Waals surface area contributed by atoms with Crippen molar-refractivity contribution in [3.05, 3.63) is 60.2 Å². The Morgan fingerprint density at radius 2 is 1.68 bits per heavy atom. The van der Waals surface area contributed by atoms with E-state index in [2.05, 4.69) is 5.32 Å². The van der Waals surface area contributed by atoms with Crippen LogP contribution in [0, 0.1) is 5.92 Å². The van der Waals surface area contributed by atoms with E-state index in [4.69, 9.17) is 9.84 Å². The lowest BCUT2D eigenvalue weighted by Crippen LogP contribution is -2.44. The highest BCUT2D eigenvalue weighted by Gasteiger charge is 2.21. The minimum Gasteiger partial charge on any atom is -0.457 e. The van der Waals surface area contributed by atoms with Gasteiger partial charge in [-0.05, 0) is 48.6 Å². The first-order chi connectivity index (χ1) is 12.2. The number of carbonyl (C=O) groups is 1. The van der Waals surface area contributed by atoms with Crippen LogP contribution in [-0.2, 0) is 6.54 Å². The van der Waals surface area contributed by atoms with E-state index < -0.39 is 0 Å². The van der Waals surface area contributed by atoms with Crippen LogP contribution in [0.15, 0.2) is 54.6 Å². The summed E-state index contributed by atoms with van der Waals surface area (Å²) in [7, 11) is 0. The van der Waals surface area contributed by atoms with Gasteiger partial charge < -0.3 is 20.1 Å². The van der Waals surface area contributed by atoms with E-state index in [-0.39, 0.29) is 12.6 Å². The molecule has 2 aromatic rings. The molecule has 0 unspecified atom stereocenters. The van der Waals surface area contributed by atoms with E-state index in [0.717, 1.165) is 29.9 Å². The van der Waals surface area contributed by atoms with Crippen molar-refractivity contribution in [1.29, 1.82) is 0 Å². The summed E-state index contributed by atoms with van der Waals surface area (Å²) >= 11 is 0. The number of aliphatic hydroxyl groups excluding tert-OH is 1. The van der Waals surface area contributed by atoms with Crippen molar-refractivity contribution >= 4 is 6.03 Å². The molecule has 25 heavy (non-hydrogen) atoms. The number of hydrogen-bond donors (Lipinski definition) is 2. The zero-order valence-corrected chi connectivity index (χ0v) is 14.2. The molecule has 0 aromatic heterocycles. The molecule has 0 bridgehead atoms. The van der Waals surface area contributed by atoms with Crippen LogP contribution >= 0.6 is 0 Å². The van der Waals surface area contributed by atoms with Gasteiger partial charge in [-0.25, -0.2) is 4.79 Å². The van der Waals surface area contributed by atoms with Gasteiger partial charge >= 0.3 is 6.03 Å². The minimum atomic E-state index is -0.0407. The number of nitrogens with one attached hydrogen (secondary N) is 1. The normalized spacial score (nSPS) is 15.0. The average Bonchev–Trinajstić information content (AvgIpc) is 2.68. The molecule has 1 saturated heterocycles. The molecule has 2 amide bonds. The number of urea groups is 1. The third kappa shape index (κ3) is 4.97. The van der Waals surface area contributed by atoms with Gasteiger partial charge in [0.15, 0.2) is 0 Å². The molecule has 1 heterocycles. The zero-order valence-electron chi connectivity index (χ0n) is 14.2. The van der Waals surface area contributed by atoms with Gasteiger partial charge in [0.1, 0.15) is 11.5 Å². The van der Waals surface area contributed by atoms with E-state index in [1.807, 2.05) is 59.5 Å². The fourth-order valence-electron chi connectivity index (χ4n) is 2.91. The molecule has 1 aliphatic rings. The summed E-state index contributed by atoms with van der Waals surface area (Å²) in [6, 6.07) is 17.3. The Kier molecular flexibility index (Phi) is 5.90. The Labute approximate surface area is 148 Å². The Morgan fingerprint density at radius 3 is 2.32 bits per heavy atom. The number of benzene rings is 2. The zero-order chi connectivity index (χ0) is 17.5. The minimum absolute atomic E-state index is 0.0407. The van der Waals surface area contributed by atoms with Crippen LogP contribution in [-0.4, -0.2) is 35.7 Å². The van der Waals surface area contributed by atoms with Gasteiger partial charge in [0, 0.05) is 26.2 Å². The van der Waals surface area contributed by atoms with Gasteiger partial charge in [0.2, 0.25) is 0 Å². The molecule has 0 spiro atoms. The second kappa shape index (κ2) is 8.53. The van der Waals surface area contributed by atoms with Gasteiger partial charge in [-0.15, -0.1) is 0 Å². The van der Waals surface area contributed by atoms with Crippen LogP contribution in [0.1, 0.15) is 18.4 Å². The number of ether oxygens (including phenoxy) is 1. The van der Waals surface area contributed by atoms with Crippen LogP contribution in [0.25, 0.3) is 0 Å². The van der Waals surface area contributed by atoms with E-state index in [0.29, 0.717) is 25.6 Å². The molecular weight excluding hydrogens is 316 g/mol. The van der Waals surface area contributed by atoms with Gasteiger partial charge in [-0.3, -0.25) is 0 Å². The molecule has 132 valence electrons. The fourth-order valence-corrected chi connectivity index (χ4v) is 2.91. The van der Waals surface area contributed by atoms with Crippen LogP contribution in [0.4, 0.5) is 4.79 Å². The second-order valence-corrected chi connectivity index (χ2v) is 6.33. The monoisotopic (exact) mass is 340 g/mol. The Hall–Kier alpha value is -2.53. The summed E-state index contributed by atoms with van der Waals surface area (Å²) in [5.74, 6) is 1.91. The number of para-hydroxylation sites is 1.